The lowest BCUT2D eigenvalue weighted by Crippen LogP contribution is -2.44. The molecule has 33 heavy (non-hydrogen) atoms. The smallest absolute Gasteiger partial charge is 0.240 e. The zero-order valence-corrected chi connectivity index (χ0v) is 18.1. The van der Waals surface area contributed by atoms with Gasteiger partial charge in [0.25, 0.3) is 0 Å². The monoisotopic (exact) mass is 455 g/mol. The Bertz CT molecular complexity index is 1320. The van der Waals surface area contributed by atoms with Crippen molar-refractivity contribution in [1.82, 2.24) is 5.01 Å². The molecular weight excluding hydrogens is 438 g/mol. The van der Waals surface area contributed by atoms with Crippen LogP contribution in [0.3, 0.4) is 0 Å². The Hall–Kier alpha value is -3.77. The van der Waals surface area contributed by atoms with E-state index in [1.54, 1.807) is 59.8 Å². The van der Waals surface area contributed by atoms with Crippen molar-refractivity contribution in [2.75, 3.05) is 4.90 Å². The average molecular weight is 456 g/mol. The number of carbonyl (C=O) groups excluding carboxylic acids is 3. The van der Waals surface area contributed by atoms with Gasteiger partial charge in [-0.15, -0.1) is 0 Å². The van der Waals surface area contributed by atoms with Crippen LogP contribution >= 0.6 is 11.6 Å². The largest absolute Gasteiger partial charge is 0.292 e. The second kappa shape index (κ2) is 7.39. The Kier molecular flexibility index (Phi) is 4.45. The topological polar surface area (TPSA) is 70.0 Å². The number of hydrazone groups is 1. The lowest BCUT2D eigenvalue weighted by molar-refractivity contribution is -0.124. The minimum atomic E-state index is -0.893. The van der Waals surface area contributed by atoms with E-state index in [0.717, 1.165) is 11.1 Å². The molecule has 3 aliphatic heterocycles. The first kappa shape index (κ1) is 19.9. The molecule has 0 aliphatic carbocycles. The number of imide groups is 1. The fourth-order valence-corrected chi connectivity index (χ4v) is 5.41. The molecule has 3 aromatic rings. The number of anilines is 1. The van der Waals surface area contributed by atoms with E-state index in [2.05, 4.69) is 5.10 Å². The third-order valence-corrected chi connectivity index (χ3v) is 6.96. The number of amides is 2. The van der Waals surface area contributed by atoms with Crippen LogP contribution in [-0.2, 0) is 9.59 Å². The van der Waals surface area contributed by atoms with Gasteiger partial charge in [-0.1, -0.05) is 54.1 Å². The molecule has 2 amide bonds. The van der Waals surface area contributed by atoms with Gasteiger partial charge < -0.3 is 0 Å². The highest BCUT2D eigenvalue weighted by molar-refractivity contribution is 6.30. The lowest BCUT2D eigenvalue weighted by Gasteiger charge is -2.33. The van der Waals surface area contributed by atoms with E-state index in [4.69, 9.17) is 11.6 Å². The first-order chi connectivity index (χ1) is 16.1. The van der Waals surface area contributed by atoms with Crippen molar-refractivity contribution in [2.24, 2.45) is 16.9 Å². The van der Waals surface area contributed by atoms with E-state index in [1.165, 1.54) is 4.90 Å². The van der Waals surface area contributed by atoms with E-state index in [-0.39, 0.29) is 17.6 Å². The van der Waals surface area contributed by atoms with Gasteiger partial charge in [0.1, 0.15) is 6.04 Å². The maximum atomic E-state index is 13.7. The maximum absolute atomic E-state index is 13.7. The molecule has 2 saturated heterocycles. The van der Waals surface area contributed by atoms with Crippen molar-refractivity contribution >= 4 is 41.1 Å². The molecule has 6 nitrogen and oxygen atoms in total. The van der Waals surface area contributed by atoms with Crippen LogP contribution in [0.2, 0.25) is 5.02 Å². The fourth-order valence-electron chi connectivity index (χ4n) is 5.28. The van der Waals surface area contributed by atoms with Crippen LogP contribution in [0, 0.1) is 11.8 Å². The lowest BCUT2D eigenvalue weighted by atomic mass is 9.83. The Morgan fingerprint density at radius 3 is 2.24 bits per heavy atom. The van der Waals surface area contributed by atoms with Crippen LogP contribution in [0.4, 0.5) is 5.69 Å². The van der Waals surface area contributed by atoms with Gasteiger partial charge in [-0.2, -0.15) is 5.10 Å². The third-order valence-electron chi connectivity index (χ3n) is 6.70. The molecule has 4 atom stereocenters. The van der Waals surface area contributed by atoms with Gasteiger partial charge in [0.05, 0.1) is 29.8 Å². The van der Waals surface area contributed by atoms with E-state index in [0.29, 0.717) is 16.3 Å². The summed E-state index contributed by atoms with van der Waals surface area (Å²) in [7, 11) is 0. The summed E-state index contributed by atoms with van der Waals surface area (Å²) in [6.45, 7) is 0. The zero-order valence-electron chi connectivity index (χ0n) is 17.3. The standard InChI is InChI=1S/C26H18ClN3O3/c27-17-12-10-15(11-13-17)24(31)23-21-20(22-19-9-5-4-6-16(19)14-28-30(22)23)25(32)29(26(21)33)18-7-2-1-3-8-18/h1-14,20-23H/t20-,21+,22-,23-/m0/s1. The van der Waals surface area contributed by atoms with E-state index in [9.17, 15) is 14.4 Å². The van der Waals surface area contributed by atoms with Crippen molar-refractivity contribution in [3.63, 3.8) is 0 Å². The fraction of sp³-hybridized carbons (Fsp3) is 0.154. The quantitative estimate of drug-likeness (QED) is 0.440. The molecule has 2 fully saturated rings. The Balaban J connectivity index is 1.50. The molecule has 0 radical (unpaired) electrons. The van der Waals surface area contributed by atoms with Crippen LogP contribution in [0.25, 0.3) is 0 Å². The minimum Gasteiger partial charge on any atom is -0.292 e. The third kappa shape index (κ3) is 2.87. The number of carbonyl (C=O) groups is 3. The van der Waals surface area contributed by atoms with Crippen LogP contribution in [0.5, 0.6) is 0 Å². The summed E-state index contributed by atoms with van der Waals surface area (Å²) >= 11 is 6.01. The number of nitrogens with zero attached hydrogens (tertiary/aromatic N) is 3. The molecule has 0 bridgehead atoms. The summed E-state index contributed by atoms with van der Waals surface area (Å²) in [5, 5.41) is 6.74. The van der Waals surface area contributed by atoms with Crippen LogP contribution < -0.4 is 4.90 Å². The molecule has 162 valence electrons. The SMILES string of the molecule is O=C(c1ccc(Cl)cc1)[C@@H]1[C@@H]2C(=O)N(c3ccccc3)C(=O)[C@@H]2[C@@H]2c3ccccc3C=NN12. The molecular formula is C26H18ClN3O3. The normalized spacial score (nSPS) is 25.1. The molecule has 0 N–H and O–H groups in total. The minimum absolute atomic E-state index is 0.253. The van der Waals surface area contributed by atoms with Crippen LogP contribution in [0.1, 0.15) is 27.5 Å². The Labute approximate surface area is 195 Å². The first-order valence-corrected chi connectivity index (χ1v) is 11.1. The molecule has 7 heteroatoms. The summed E-state index contributed by atoms with van der Waals surface area (Å²) in [6.07, 6.45) is 1.69. The van der Waals surface area contributed by atoms with Crippen LogP contribution in [0.15, 0.2) is 84.0 Å². The summed E-state index contributed by atoms with van der Waals surface area (Å²) in [5.74, 6) is -2.47. The Morgan fingerprint density at radius 1 is 0.818 bits per heavy atom. The van der Waals surface area contributed by atoms with Crippen molar-refractivity contribution in [1.29, 1.82) is 0 Å². The molecule has 6 rings (SSSR count). The molecule has 3 heterocycles. The number of ketones is 1. The number of fused-ring (bicyclic) bond motifs is 5. The molecule has 0 spiro atoms. The van der Waals surface area contributed by atoms with Gasteiger partial charge in [-0.3, -0.25) is 19.4 Å². The van der Waals surface area contributed by atoms with Crippen LogP contribution in [-0.4, -0.2) is 34.9 Å². The number of Topliss-reactive ketones (excluding diaryl/α,β-unsaturated/α-hetero) is 1. The summed E-state index contributed by atoms with van der Waals surface area (Å²) in [6, 6.07) is 21.7. The number of halogens is 1. The van der Waals surface area contributed by atoms with Crippen molar-refractivity contribution < 1.29 is 14.4 Å². The molecule has 0 saturated carbocycles. The number of hydrogen-bond donors (Lipinski definition) is 0. The van der Waals surface area contributed by atoms with Crippen molar-refractivity contribution in [3.05, 3.63) is 101 Å². The predicted molar refractivity (Wildman–Crippen MR) is 124 cm³/mol. The second-order valence-electron chi connectivity index (χ2n) is 8.41. The van der Waals surface area contributed by atoms with E-state index in [1.807, 2.05) is 30.3 Å². The Morgan fingerprint density at radius 2 is 1.48 bits per heavy atom. The van der Waals surface area contributed by atoms with Gasteiger partial charge in [-0.05, 0) is 47.5 Å². The number of para-hydroxylation sites is 1. The second-order valence-corrected chi connectivity index (χ2v) is 8.85. The first-order valence-electron chi connectivity index (χ1n) is 10.7. The highest BCUT2D eigenvalue weighted by Crippen LogP contribution is 2.53. The summed E-state index contributed by atoms with van der Waals surface area (Å²) in [5.41, 5.74) is 2.72. The van der Waals surface area contributed by atoms with Crippen molar-refractivity contribution in [2.45, 2.75) is 12.1 Å². The van der Waals surface area contributed by atoms with Gasteiger partial charge >= 0.3 is 0 Å². The van der Waals surface area contributed by atoms with E-state index < -0.39 is 23.9 Å². The molecule has 0 unspecified atom stereocenters. The highest BCUT2D eigenvalue weighted by atomic mass is 35.5. The molecule has 3 aromatic carbocycles. The molecule has 3 aliphatic rings. The maximum Gasteiger partial charge on any atom is 0.240 e. The highest BCUT2D eigenvalue weighted by Gasteiger charge is 2.65. The number of hydrogen-bond acceptors (Lipinski definition) is 5. The average Bonchev–Trinajstić information content (AvgIpc) is 3.32. The number of benzene rings is 3. The van der Waals surface area contributed by atoms with E-state index >= 15 is 0 Å². The predicted octanol–water partition coefficient (Wildman–Crippen LogP) is 4.10. The van der Waals surface area contributed by atoms with Crippen molar-refractivity contribution in [3.8, 4) is 0 Å². The zero-order chi connectivity index (χ0) is 22.7. The number of rotatable bonds is 3. The summed E-state index contributed by atoms with van der Waals surface area (Å²) in [4.78, 5) is 42.4. The van der Waals surface area contributed by atoms with Gasteiger partial charge in [0.15, 0.2) is 5.78 Å². The van der Waals surface area contributed by atoms with Gasteiger partial charge in [0.2, 0.25) is 11.8 Å². The van der Waals surface area contributed by atoms with Gasteiger partial charge in [0, 0.05) is 10.6 Å². The molecule has 0 aromatic heterocycles. The summed E-state index contributed by atoms with van der Waals surface area (Å²) < 4.78 is 0. The van der Waals surface area contributed by atoms with Gasteiger partial charge in [-0.25, -0.2) is 4.90 Å².